The Kier molecular flexibility index (Phi) is 6.17. The number of carbonyl (C=O) groups excluding carboxylic acids is 2. The van der Waals surface area contributed by atoms with E-state index in [2.05, 4.69) is 10.6 Å². The predicted molar refractivity (Wildman–Crippen MR) is 88.6 cm³/mol. The molecule has 0 radical (unpaired) electrons. The Morgan fingerprint density at radius 3 is 2.58 bits per heavy atom. The lowest BCUT2D eigenvalue weighted by Crippen LogP contribution is -2.44. The number of hydrogen-bond acceptors (Lipinski definition) is 3. The molecule has 0 saturated carbocycles. The first kappa shape index (κ1) is 17.8. The molecule has 130 valence electrons. The third-order valence-corrected chi connectivity index (χ3v) is 4.27. The van der Waals surface area contributed by atoms with E-state index in [9.17, 15) is 14.4 Å². The maximum atomic E-state index is 12.2. The molecule has 7 heteroatoms. The molecule has 1 heterocycles. The van der Waals surface area contributed by atoms with E-state index >= 15 is 0 Å². The van der Waals surface area contributed by atoms with Crippen molar-refractivity contribution in [3.8, 4) is 0 Å². The van der Waals surface area contributed by atoms with Gasteiger partial charge in [0.25, 0.3) is 0 Å². The number of carboxylic acids is 1. The van der Waals surface area contributed by atoms with Gasteiger partial charge in [0.05, 0.1) is 5.56 Å². The Morgan fingerprint density at radius 2 is 1.96 bits per heavy atom. The Hall–Kier alpha value is -2.57. The van der Waals surface area contributed by atoms with Crippen LogP contribution in [0.25, 0.3) is 0 Å². The number of benzene rings is 1. The van der Waals surface area contributed by atoms with Gasteiger partial charge in [0.15, 0.2) is 0 Å². The Balaban J connectivity index is 1.79. The van der Waals surface area contributed by atoms with Crippen LogP contribution < -0.4 is 10.6 Å². The molecule has 1 aliphatic rings. The lowest BCUT2D eigenvalue weighted by molar-refractivity contribution is -0.121. The summed E-state index contributed by atoms with van der Waals surface area (Å²) in [6.45, 7) is 1.55. The number of nitrogens with one attached hydrogen (secondary N) is 2. The Labute approximate surface area is 141 Å². The average molecular weight is 333 g/mol. The minimum Gasteiger partial charge on any atom is -0.478 e. The van der Waals surface area contributed by atoms with Gasteiger partial charge in [0, 0.05) is 33.1 Å². The summed E-state index contributed by atoms with van der Waals surface area (Å²) in [6, 6.07) is 6.36. The summed E-state index contributed by atoms with van der Waals surface area (Å²) in [5.74, 6) is -0.626. The number of aromatic carboxylic acids is 1. The predicted octanol–water partition coefficient (Wildman–Crippen LogP) is 1.44. The van der Waals surface area contributed by atoms with Gasteiger partial charge in [-0.25, -0.2) is 9.59 Å². The first-order valence-electron chi connectivity index (χ1n) is 8.05. The van der Waals surface area contributed by atoms with Gasteiger partial charge in [-0.3, -0.25) is 4.79 Å². The summed E-state index contributed by atoms with van der Waals surface area (Å²) < 4.78 is 0. The van der Waals surface area contributed by atoms with Crippen molar-refractivity contribution in [2.45, 2.75) is 25.8 Å². The zero-order valence-corrected chi connectivity index (χ0v) is 13.7. The van der Waals surface area contributed by atoms with Gasteiger partial charge in [-0.05, 0) is 36.5 Å². The number of carboxylic acid groups (broad SMARTS) is 1. The maximum absolute atomic E-state index is 12.2. The number of carbonyl (C=O) groups is 3. The van der Waals surface area contributed by atoms with Crippen LogP contribution in [0.4, 0.5) is 4.79 Å². The molecule has 0 unspecified atom stereocenters. The number of likely N-dealkylation sites (tertiary alicyclic amines) is 1. The lowest BCUT2D eigenvalue weighted by Gasteiger charge is -2.31. The fourth-order valence-corrected chi connectivity index (χ4v) is 2.81. The molecule has 1 fully saturated rings. The summed E-state index contributed by atoms with van der Waals surface area (Å²) in [5, 5.41) is 14.4. The zero-order chi connectivity index (χ0) is 17.5. The highest BCUT2D eigenvalue weighted by atomic mass is 16.4. The molecule has 0 bridgehead atoms. The van der Waals surface area contributed by atoms with Crippen molar-refractivity contribution in [3.63, 3.8) is 0 Å². The third kappa shape index (κ3) is 4.97. The van der Waals surface area contributed by atoms with Crippen LogP contribution in [-0.2, 0) is 11.3 Å². The van der Waals surface area contributed by atoms with Gasteiger partial charge in [0.2, 0.25) is 5.91 Å². The highest BCUT2D eigenvalue weighted by molar-refractivity contribution is 5.87. The molecule has 0 atom stereocenters. The van der Waals surface area contributed by atoms with Gasteiger partial charge in [-0.2, -0.15) is 0 Å². The van der Waals surface area contributed by atoms with E-state index in [1.807, 2.05) is 0 Å². The number of urea groups is 1. The standard InChI is InChI=1S/C17H23N3O4/c1-18-15(21)10-12-5-7-20(8-6-12)17(24)19-11-13-3-2-4-14(9-13)16(22)23/h2-4,9,12H,5-8,10-11H2,1H3,(H,18,21)(H,19,24)(H,22,23). The monoisotopic (exact) mass is 333 g/mol. The molecule has 0 spiro atoms. The topological polar surface area (TPSA) is 98.7 Å². The van der Waals surface area contributed by atoms with Crippen LogP contribution in [0.5, 0.6) is 0 Å². The third-order valence-electron chi connectivity index (χ3n) is 4.27. The molecule has 3 N–H and O–H groups in total. The molecule has 24 heavy (non-hydrogen) atoms. The summed E-state index contributed by atoms with van der Waals surface area (Å²) in [4.78, 5) is 36.3. The van der Waals surface area contributed by atoms with E-state index in [1.54, 1.807) is 30.1 Å². The quantitative estimate of drug-likeness (QED) is 0.759. The zero-order valence-electron chi connectivity index (χ0n) is 13.7. The number of nitrogens with zero attached hydrogens (tertiary/aromatic N) is 1. The molecule has 1 saturated heterocycles. The molecule has 0 aromatic heterocycles. The molecule has 1 aromatic carbocycles. The van der Waals surface area contributed by atoms with Crippen molar-refractivity contribution < 1.29 is 19.5 Å². The van der Waals surface area contributed by atoms with Crippen molar-refractivity contribution in [2.75, 3.05) is 20.1 Å². The van der Waals surface area contributed by atoms with Crippen LogP contribution in [0.3, 0.4) is 0 Å². The minimum atomic E-state index is -0.985. The molecule has 3 amide bonds. The van der Waals surface area contributed by atoms with Crippen LogP contribution in [0.15, 0.2) is 24.3 Å². The van der Waals surface area contributed by atoms with Crippen LogP contribution in [-0.4, -0.2) is 48.1 Å². The number of hydrogen-bond donors (Lipinski definition) is 3. The largest absolute Gasteiger partial charge is 0.478 e. The van der Waals surface area contributed by atoms with Crippen molar-refractivity contribution in [2.24, 2.45) is 5.92 Å². The first-order valence-corrected chi connectivity index (χ1v) is 8.05. The second-order valence-electron chi connectivity index (χ2n) is 5.97. The number of amides is 3. The van der Waals surface area contributed by atoms with Gasteiger partial charge in [-0.1, -0.05) is 12.1 Å². The number of rotatable bonds is 5. The summed E-state index contributed by atoms with van der Waals surface area (Å²) in [5.41, 5.74) is 0.953. The molecule has 1 aliphatic heterocycles. The smallest absolute Gasteiger partial charge is 0.335 e. The Morgan fingerprint density at radius 1 is 1.25 bits per heavy atom. The summed E-state index contributed by atoms with van der Waals surface area (Å²) >= 11 is 0. The minimum absolute atomic E-state index is 0.0382. The maximum Gasteiger partial charge on any atom is 0.335 e. The van der Waals surface area contributed by atoms with Crippen molar-refractivity contribution in [1.29, 1.82) is 0 Å². The lowest BCUT2D eigenvalue weighted by atomic mass is 9.93. The van der Waals surface area contributed by atoms with Gasteiger partial charge >= 0.3 is 12.0 Å². The van der Waals surface area contributed by atoms with E-state index in [-0.39, 0.29) is 24.0 Å². The average Bonchev–Trinajstić information content (AvgIpc) is 2.60. The second kappa shape index (κ2) is 8.33. The van der Waals surface area contributed by atoms with Gasteiger partial charge in [-0.15, -0.1) is 0 Å². The van der Waals surface area contributed by atoms with E-state index in [4.69, 9.17) is 5.11 Å². The molecule has 0 aliphatic carbocycles. The van der Waals surface area contributed by atoms with Crippen LogP contribution in [0.1, 0.15) is 35.2 Å². The molecule has 2 rings (SSSR count). The van der Waals surface area contributed by atoms with Crippen LogP contribution in [0, 0.1) is 5.92 Å². The van der Waals surface area contributed by atoms with E-state index in [1.165, 1.54) is 6.07 Å². The van der Waals surface area contributed by atoms with Crippen molar-refractivity contribution >= 4 is 17.9 Å². The van der Waals surface area contributed by atoms with E-state index in [0.717, 1.165) is 18.4 Å². The van der Waals surface area contributed by atoms with Crippen LogP contribution in [0.2, 0.25) is 0 Å². The molecular weight excluding hydrogens is 310 g/mol. The first-order chi connectivity index (χ1) is 11.5. The SMILES string of the molecule is CNC(=O)CC1CCN(C(=O)NCc2cccc(C(=O)O)c2)CC1. The van der Waals surface area contributed by atoms with Gasteiger partial charge < -0.3 is 20.6 Å². The number of piperidine rings is 1. The molecule has 7 nitrogen and oxygen atoms in total. The summed E-state index contributed by atoms with van der Waals surface area (Å²) in [7, 11) is 1.63. The normalized spacial score (nSPS) is 15.0. The van der Waals surface area contributed by atoms with Crippen LogP contribution >= 0.6 is 0 Å². The molecule has 1 aromatic rings. The molecular formula is C17H23N3O4. The summed E-state index contributed by atoms with van der Waals surface area (Å²) in [6.07, 6.45) is 2.14. The second-order valence-corrected chi connectivity index (χ2v) is 5.97. The van der Waals surface area contributed by atoms with E-state index < -0.39 is 5.97 Å². The highest BCUT2D eigenvalue weighted by Gasteiger charge is 2.24. The van der Waals surface area contributed by atoms with Crippen molar-refractivity contribution in [1.82, 2.24) is 15.5 Å². The Bertz CT molecular complexity index is 610. The van der Waals surface area contributed by atoms with Gasteiger partial charge in [0.1, 0.15) is 0 Å². The fourth-order valence-electron chi connectivity index (χ4n) is 2.81. The fraction of sp³-hybridized carbons (Fsp3) is 0.471. The van der Waals surface area contributed by atoms with E-state index in [0.29, 0.717) is 25.4 Å². The highest BCUT2D eigenvalue weighted by Crippen LogP contribution is 2.20. The van der Waals surface area contributed by atoms with Crippen molar-refractivity contribution in [3.05, 3.63) is 35.4 Å².